The van der Waals surface area contributed by atoms with Crippen LogP contribution in [0.15, 0.2) is 133 Å². The highest BCUT2D eigenvalue weighted by Crippen LogP contribution is 2.42. The van der Waals surface area contributed by atoms with Crippen molar-refractivity contribution in [3.8, 4) is 49.9 Å². The molecule has 0 N–H and O–H groups in total. The summed E-state index contributed by atoms with van der Waals surface area (Å²) < 4.78 is 5.96. The molecule has 4 heteroatoms. The fraction of sp³-hybridized carbons (Fsp3) is 0.0952. The summed E-state index contributed by atoms with van der Waals surface area (Å²) in [5.41, 5.74) is 15.6. The number of rotatable bonds is 5. The van der Waals surface area contributed by atoms with Gasteiger partial charge >= 0.3 is 0 Å². The van der Waals surface area contributed by atoms with Crippen LogP contribution in [-0.4, -0.2) is 9.55 Å². The van der Waals surface area contributed by atoms with Gasteiger partial charge in [-0.2, -0.15) is 4.57 Å². The Hall–Kier alpha value is -5.32. The average molecular weight is 613 g/mol. The van der Waals surface area contributed by atoms with E-state index in [1.54, 1.807) is 11.3 Å². The molecule has 8 rings (SSSR count). The third-order valence-corrected chi connectivity index (χ3v) is 10.2. The average Bonchev–Trinajstić information content (AvgIpc) is 3.64. The Kier molecular flexibility index (Phi) is 6.88. The van der Waals surface area contributed by atoms with Crippen molar-refractivity contribution >= 4 is 32.6 Å². The van der Waals surface area contributed by atoms with Gasteiger partial charge in [0.2, 0.25) is 0 Å². The number of hydrogen-bond acceptors (Lipinski definition) is 2. The minimum Gasteiger partial charge on any atom is -0.236 e. The van der Waals surface area contributed by atoms with Gasteiger partial charge in [-0.25, -0.2) is 9.55 Å². The predicted octanol–water partition coefficient (Wildman–Crippen LogP) is 10.7. The molecule has 0 saturated heterocycles. The molecule has 0 spiro atoms. The van der Waals surface area contributed by atoms with Crippen molar-refractivity contribution in [2.24, 2.45) is 7.05 Å². The van der Waals surface area contributed by atoms with Crippen LogP contribution in [-0.2, 0) is 7.05 Å². The molecule has 0 bridgehead atoms. The number of hydrogen-bond donors (Lipinski definition) is 0. The number of fused-ring (bicyclic) bond motifs is 2. The van der Waals surface area contributed by atoms with E-state index in [0.717, 1.165) is 22.0 Å². The molecule has 0 atom stereocenters. The zero-order valence-corrected chi connectivity index (χ0v) is 27.3. The van der Waals surface area contributed by atoms with Gasteiger partial charge in [0.25, 0.3) is 5.82 Å². The van der Waals surface area contributed by atoms with Crippen LogP contribution in [0.2, 0.25) is 0 Å². The fourth-order valence-corrected chi connectivity index (χ4v) is 8.20. The SMILES string of the molecule is Cc1cc(-c2ccccc2)cc(C)c1-c1nc2ccc(C)c(-c3n(-c4ccc(-c5ccccc5)cc4)c4ccccc4[n+]3C)c2s1. The summed E-state index contributed by atoms with van der Waals surface area (Å²) in [6, 6.07) is 47.8. The number of aromatic nitrogens is 3. The van der Waals surface area contributed by atoms with Gasteiger partial charge < -0.3 is 0 Å². The summed E-state index contributed by atoms with van der Waals surface area (Å²) in [5.74, 6) is 1.15. The lowest BCUT2D eigenvalue weighted by Crippen LogP contribution is -2.30. The van der Waals surface area contributed by atoms with Gasteiger partial charge in [-0.1, -0.05) is 103 Å². The maximum Gasteiger partial charge on any atom is 0.296 e. The minimum atomic E-state index is 1.03. The summed E-state index contributed by atoms with van der Waals surface area (Å²) in [7, 11) is 2.18. The van der Waals surface area contributed by atoms with Gasteiger partial charge in [0.1, 0.15) is 10.7 Å². The number of aryl methyl sites for hydroxylation is 4. The number of nitrogens with zero attached hydrogens (tertiary/aromatic N) is 3. The first-order valence-electron chi connectivity index (χ1n) is 15.7. The lowest BCUT2D eigenvalue weighted by Gasteiger charge is -2.11. The highest BCUT2D eigenvalue weighted by atomic mass is 32.1. The zero-order chi connectivity index (χ0) is 31.4. The van der Waals surface area contributed by atoms with E-state index >= 15 is 0 Å². The minimum absolute atomic E-state index is 1.03. The molecule has 0 fully saturated rings. The van der Waals surface area contributed by atoms with Crippen molar-refractivity contribution in [2.75, 3.05) is 0 Å². The van der Waals surface area contributed by atoms with Crippen molar-refractivity contribution in [2.45, 2.75) is 20.8 Å². The van der Waals surface area contributed by atoms with Crippen molar-refractivity contribution in [3.63, 3.8) is 0 Å². The summed E-state index contributed by atoms with van der Waals surface area (Å²) in [5, 5.41) is 1.06. The van der Waals surface area contributed by atoms with E-state index in [1.807, 2.05) is 0 Å². The van der Waals surface area contributed by atoms with E-state index in [-0.39, 0.29) is 0 Å². The Morgan fingerprint density at radius 3 is 1.83 bits per heavy atom. The molecular weight excluding hydrogens is 579 g/mol. The Labute approximate surface area is 273 Å². The Bertz CT molecular complexity index is 2360. The Morgan fingerprint density at radius 1 is 0.565 bits per heavy atom. The summed E-state index contributed by atoms with van der Waals surface area (Å²) in [6.07, 6.45) is 0. The van der Waals surface area contributed by atoms with Crippen molar-refractivity contribution in [1.82, 2.24) is 9.55 Å². The molecule has 222 valence electrons. The second-order valence-electron chi connectivity index (χ2n) is 12.1. The highest BCUT2D eigenvalue weighted by Gasteiger charge is 2.30. The fourth-order valence-electron chi connectivity index (χ4n) is 6.86. The second-order valence-corrected chi connectivity index (χ2v) is 13.1. The first-order chi connectivity index (χ1) is 22.5. The van der Waals surface area contributed by atoms with Gasteiger partial charge in [-0.15, -0.1) is 11.3 Å². The van der Waals surface area contributed by atoms with E-state index in [1.165, 1.54) is 65.8 Å². The smallest absolute Gasteiger partial charge is 0.236 e. The van der Waals surface area contributed by atoms with Crippen molar-refractivity contribution in [3.05, 3.63) is 150 Å². The van der Waals surface area contributed by atoms with Crippen LogP contribution in [0.1, 0.15) is 16.7 Å². The van der Waals surface area contributed by atoms with Gasteiger partial charge in [-0.05, 0) is 90.0 Å². The molecule has 3 nitrogen and oxygen atoms in total. The molecule has 0 aliphatic rings. The van der Waals surface area contributed by atoms with Gasteiger partial charge in [0.15, 0.2) is 11.0 Å². The van der Waals surface area contributed by atoms with Crippen LogP contribution in [0.5, 0.6) is 0 Å². The van der Waals surface area contributed by atoms with Crippen LogP contribution in [0.3, 0.4) is 0 Å². The Morgan fingerprint density at radius 2 is 1.15 bits per heavy atom. The number of para-hydroxylation sites is 2. The lowest BCUT2D eigenvalue weighted by atomic mass is 9.96. The summed E-state index contributed by atoms with van der Waals surface area (Å²) in [6.45, 7) is 6.65. The molecule has 0 saturated carbocycles. The van der Waals surface area contributed by atoms with Crippen LogP contribution in [0.25, 0.3) is 71.2 Å². The predicted molar refractivity (Wildman–Crippen MR) is 194 cm³/mol. The zero-order valence-electron chi connectivity index (χ0n) is 26.5. The topological polar surface area (TPSA) is 21.7 Å². The van der Waals surface area contributed by atoms with Crippen LogP contribution >= 0.6 is 11.3 Å². The van der Waals surface area contributed by atoms with E-state index in [9.17, 15) is 0 Å². The second kappa shape index (κ2) is 11.2. The van der Waals surface area contributed by atoms with Crippen molar-refractivity contribution < 1.29 is 4.57 Å². The molecule has 0 aliphatic heterocycles. The van der Waals surface area contributed by atoms with E-state index < -0.39 is 0 Å². The normalized spacial score (nSPS) is 11.5. The van der Waals surface area contributed by atoms with Gasteiger partial charge in [0, 0.05) is 5.56 Å². The van der Waals surface area contributed by atoms with Crippen LogP contribution < -0.4 is 4.57 Å². The highest BCUT2D eigenvalue weighted by molar-refractivity contribution is 7.22. The molecule has 0 unspecified atom stereocenters. The molecule has 0 radical (unpaired) electrons. The molecule has 6 aromatic carbocycles. The summed E-state index contributed by atoms with van der Waals surface area (Å²) in [4.78, 5) is 5.27. The maximum absolute atomic E-state index is 5.27. The van der Waals surface area contributed by atoms with E-state index in [0.29, 0.717) is 0 Å². The molecule has 0 amide bonds. The van der Waals surface area contributed by atoms with Gasteiger partial charge in [-0.3, -0.25) is 0 Å². The molecule has 2 aromatic heterocycles. The van der Waals surface area contributed by atoms with Crippen LogP contribution in [0, 0.1) is 20.8 Å². The quantitative estimate of drug-likeness (QED) is 0.177. The first kappa shape index (κ1) is 28.2. The lowest BCUT2D eigenvalue weighted by molar-refractivity contribution is -0.633. The Balaban J connectivity index is 1.32. The molecule has 2 heterocycles. The largest absolute Gasteiger partial charge is 0.296 e. The van der Waals surface area contributed by atoms with E-state index in [2.05, 4.69) is 170 Å². The monoisotopic (exact) mass is 612 g/mol. The molecule has 0 aliphatic carbocycles. The van der Waals surface area contributed by atoms with Crippen molar-refractivity contribution in [1.29, 1.82) is 0 Å². The standard InChI is InChI=1S/C42H34N3S/c1-27-19-24-35-40(46-41(43-35)38-28(2)25-33(26-29(38)3)31-15-9-6-10-16-31)39(27)42-44(4)36-17-11-12-18-37(36)45(42)34-22-20-32(21-23-34)30-13-7-5-8-14-30/h5-26H,1-4H3/q+1. The van der Waals surface area contributed by atoms with E-state index in [4.69, 9.17) is 4.98 Å². The van der Waals surface area contributed by atoms with Crippen LogP contribution in [0.4, 0.5) is 0 Å². The summed E-state index contributed by atoms with van der Waals surface area (Å²) >= 11 is 1.80. The maximum atomic E-state index is 5.27. The molecule has 46 heavy (non-hydrogen) atoms. The number of benzene rings is 6. The first-order valence-corrected chi connectivity index (χ1v) is 16.5. The third kappa shape index (κ3) is 4.65. The third-order valence-electron chi connectivity index (χ3n) is 9.09. The molecular formula is C42H34N3S+. The molecule has 8 aromatic rings. The van der Waals surface area contributed by atoms with Gasteiger partial charge in [0.05, 0.1) is 22.8 Å². The number of thiazole rings is 1. The number of imidazole rings is 1.